The summed E-state index contributed by atoms with van der Waals surface area (Å²) in [6.07, 6.45) is 1.87. The molecule has 1 atom stereocenters. The van der Waals surface area contributed by atoms with Crippen LogP contribution in [-0.2, 0) is 0 Å². The Bertz CT molecular complexity index is 225. The van der Waals surface area contributed by atoms with Crippen molar-refractivity contribution in [1.29, 1.82) is 0 Å². The van der Waals surface area contributed by atoms with Crippen molar-refractivity contribution in [2.75, 3.05) is 13.1 Å². The summed E-state index contributed by atoms with van der Waals surface area (Å²) in [4.78, 5) is 2.41. The van der Waals surface area contributed by atoms with E-state index < -0.39 is 0 Å². The molecule has 0 amide bonds. The highest BCUT2D eigenvalue weighted by molar-refractivity contribution is 5.79. The fourth-order valence-corrected chi connectivity index (χ4v) is 2.36. The summed E-state index contributed by atoms with van der Waals surface area (Å²) in [5.41, 5.74) is 5.71. The smallest absolute Gasteiger partial charge is 0.140 e. The van der Waals surface area contributed by atoms with E-state index in [-0.39, 0.29) is 5.54 Å². The van der Waals surface area contributed by atoms with Gasteiger partial charge in [-0.1, -0.05) is 12.1 Å². The Morgan fingerprint density at radius 3 is 2.71 bits per heavy atom. The summed E-state index contributed by atoms with van der Waals surface area (Å²) in [5, 5.41) is 11.4. The number of nitrogens with zero attached hydrogens (tertiary/aromatic N) is 2. The first-order chi connectivity index (χ1) is 6.45. The van der Waals surface area contributed by atoms with Gasteiger partial charge in [-0.2, -0.15) is 0 Å². The van der Waals surface area contributed by atoms with Gasteiger partial charge in [0.05, 0.1) is 0 Å². The van der Waals surface area contributed by atoms with Gasteiger partial charge >= 0.3 is 0 Å². The fraction of sp³-hybridized carbons (Fsp3) is 0.900. The van der Waals surface area contributed by atoms with Crippen LogP contribution in [0.15, 0.2) is 5.16 Å². The number of nitrogens with two attached hydrogens (primary N) is 1. The number of oxime groups is 1. The Balaban J connectivity index is 2.45. The second kappa shape index (κ2) is 4.17. The largest absolute Gasteiger partial charge is 0.409 e. The van der Waals surface area contributed by atoms with E-state index in [0.717, 1.165) is 19.0 Å². The van der Waals surface area contributed by atoms with Gasteiger partial charge in [0.2, 0.25) is 0 Å². The average Bonchev–Trinajstić information content (AvgIpc) is 2.35. The normalized spacial score (nSPS) is 28.2. The van der Waals surface area contributed by atoms with Crippen LogP contribution in [0.4, 0.5) is 0 Å². The first-order valence-corrected chi connectivity index (χ1v) is 5.17. The van der Waals surface area contributed by atoms with Crippen molar-refractivity contribution in [3.63, 3.8) is 0 Å². The van der Waals surface area contributed by atoms with E-state index in [2.05, 4.69) is 30.8 Å². The fourth-order valence-electron chi connectivity index (χ4n) is 2.36. The van der Waals surface area contributed by atoms with Gasteiger partial charge in [0.1, 0.15) is 5.84 Å². The molecule has 14 heavy (non-hydrogen) atoms. The number of rotatable bonds is 3. The monoisotopic (exact) mass is 199 g/mol. The van der Waals surface area contributed by atoms with Crippen molar-refractivity contribution in [3.05, 3.63) is 0 Å². The standard InChI is InChI=1S/C10H21N3O/c1-8-6-10(2,3)13(7-8)5-4-9(11)12-14/h8,14H,4-7H2,1-3H3,(H2,11,12). The van der Waals surface area contributed by atoms with Gasteiger partial charge in [-0.05, 0) is 26.2 Å². The molecule has 1 aliphatic rings. The van der Waals surface area contributed by atoms with Crippen LogP contribution in [-0.4, -0.2) is 34.6 Å². The molecular formula is C10H21N3O. The van der Waals surface area contributed by atoms with Gasteiger partial charge in [0, 0.05) is 25.0 Å². The van der Waals surface area contributed by atoms with Crippen LogP contribution in [0.5, 0.6) is 0 Å². The molecule has 0 radical (unpaired) electrons. The maximum atomic E-state index is 8.44. The minimum absolute atomic E-state index is 0.259. The number of likely N-dealkylation sites (tertiary alicyclic amines) is 1. The zero-order valence-electron chi connectivity index (χ0n) is 9.32. The van der Waals surface area contributed by atoms with Crippen LogP contribution in [0.2, 0.25) is 0 Å². The zero-order chi connectivity index (χ0) is 10.8. The molecule has 1 unspecified atom stereocenters. The van der Waals surface area contributed by atoms with Crippen molar-refractivity contribution in [3.8, 4) is 0 Å². The maximum absolute atomic E-state index is 8.44. The van der Waals surface area contributed by atoms with Gasteiger partial charge in [0.15, 0.2) is 0 Å². The first-order valence-electron chi connectivity index (χ1n) is 5.17. The van der Waals surface area contributed by atoms with Crippen LogP contribution >= 0.6 is 0 Å². The Hall–Kier alpha value is -0.770. The van der Waals surface area contributed by atoms with Gasteiger partial charge < -0.3 is 10.9 Å². The van der Waals surface area contributed by atoms with Gasteiger partial charge in [0.25, 0.3) is 0 Å². The lowest BCUT2D eigenvalue weighted by Gasteiger charge is -2.31. The summed E-state index contributed by atoms with van der Waals surface area (Å²) < 4.78 is 0. The summed E-state index contributed by atoms with van der Waals surface area (Å²) >= 11 is 0. The molecular weight excluding hydrogens is 178 g/mol. The molecule has 0 aliphatic carbocycles. The van der Waals surface area contributed by atoms with Crippen molar-refractivity contribution in [2.45, 2.75) is 39.2 Å². The third-order valence-corrected chi connectivity index (χ3v) is 3.00. The molecule has 4 heteroatoms. The van der Waals surface area contributed by atoms with Crippen LogP contribution in [0.25, 0.3) is 0 Å². The van der Waals surface area contributed by atoms with E-state index in [1.54, 1.807) is 0 Å². The van der Waals surface area contributed by atoms with Crippen molar-refractivity contribution in [2.24, 2.45) is 16.8 Å². The molecule has 0 spiro atoms. The molecule has 1 heterocycles. The molecule has 3 N–H and O–H groups in total. The molecule has 0 aromatic rings. The van der Waals surface area contributed by atoms with Crippen LogP contribution in [0, 0.1) is 5.92 Å². The van der Waals surface area contributed by atoms with Crippen LogP contribution in [0.1, 0.15) is 33.6 Å². The van der Waals surface area contributed by atoms with Crippen molar-refractivity contribution < 1.29 is 5.21 Å². The predicted molar refractivity (Wildman–Crippen MR) is 57.5 cm³/mol. The quantitative estimate of drug-likeness (QED) is 0.311. The van der Waals surface area contributed by atoms with E-state index in [0.29, 0.717) is 12.3 Å². The van der Waals surface area contributed by atoms with Gasteiger partial charge in [-0.3, -0.25) is 4.90 Å². The minimum Gasteiger partial charge on any atom is -0.409 e. The summed E-state index contributed by atoms with van der Waals surface area (Å²) in [6, 6.07) is 0. The topological polar surface area (TPSA) is 61.8 Å². The van der Waals surface area contributed by atoms with E-state index in [1.807, 2.05) is 0 Å². The molecule has 0 aromatic heterocycles. The highest BCUT2D eigenvalue weighted by Crippen LogP contribution is 2.31. The molecule has 82 valence electrons. The van der Waals surface area contributed by atoms with E-state index in [9.17, 15) is 0 Å². The SMILES string of the molecule is CC1CN(CC/C(N)=N/O)C(C)(C)C1. The number of hydrogen-bond donors (Lipinski definition) is 2. The Labute approximate surface area is 85.8 Å². The van der Waals surface area contributed by atoms with E-state index in [4.69, 9.17) is 10.9 Å². The summed E-state index contributed by atoms with van der Waals surface area (Å²) in [5.74, 6) is 1.07. The van der Waals surface area contributed by atoms with Crippen molar-refractivity contribution >= 4 is 5.84 Å². The molecule has 4 nitrogen and oxygen atoms in total. The maximum Gasteiger partial charge on any atom is 0.140 e. The molecule has 1 rings (SSSR count). The lowest BCUT2D eigenvalue weighted by Crippen LogP contribution is -2.39. The lowest BCUT2D eigenvalue weighted by atomic mass is 9.97. The Morgan fingerprint density at radius 2 is 2.29 bits per heavy atom. The highest BCUT2D eigenvalue weighted by Gasteiger charge is 2.35. The van der Waals surface area contributed by atoms with Crippen molar-refractivity contribution in [1.82, 2.24) is 4.90 Å². The second-order valence-electron chi connectivity index (χ2n) is 4.91. The Kier molecular flexibility index (Phi) is 3.37. The minimum atomic E-state index is 0.259. The number of amidine groups is 1. The molecule has 1 fully saturated rings. The first kappa shape index (κ1) is 11.3. The predicted octanol–water partition coefficient (Wildman–Crippen LogP) is 1.24. The highest BCUT2D eigenvalue weighted by atomic mass is 16.4. The zero-order valence-corrected chi connectivity index (χ0v) is 9.32. The molecule has 0 aromatic carbocycles. The third-order valence-electron chi connectivity index (χ3n) is 3.00. The molecule has 0 saturated carbocycles. The van der Waals surface area contributed by atoms with Crippen LogP contribution in [0.3, 0.4) is 0 Å². The molecule has 0 bridgehead atoms. The van der Waals surface area contributed by atoms with Gasteiger partial charge in [-0.15, -0.1) is 0 Å². The Morgan fingerprint density at radius 1 is 1.64 bits per heavy atom. The number of hydrogen-bond acceptors (Lipinski definition) is 3. The molecule has 1 aliphatic heterocycles. The average molecular weight is 199 g/mol. The lowest BCUT2D eigenvalue weighted by molar-refractivity contribution is 0.179. The van der Waals surface area contributed by atoms with Crippen LogP contribution < -0.4 is 5.73 Å². The van der Waals surface area contributed by atoms with Gasteiger partial charge in [-0.25, -0.2) is 0 Å². The summed E-state index contributed by atoms with van der Waals surface area (Å²) in [7, 11) is 0. The summed E-state index contributed by atoms with van der Waals surface area (Å²) in [6.45, 7) is 8.77. The van der Waals surface area contributed by atoms with E-state index in [1.165, 1.54) is 6.42 Å². The second-order valence-corrected chi connectivity index (χ2v) is 4.91. The van der Waals surface area contributed by atoms with E-state index >= 15 is 0 Å². The molecule has 1 saturated heterocycles. The third kappa shape index (κ3) is 2.61.